The normalized spacial score (nSPS) is 15.0. The molecule has 0 aromatic heterocycles. The minimum atomic E-state index is -0.142. The molecule has 0 aliphatic carbocycles. The predicted molar refractivity (Wildman–Crippen MR) is 91.0 cm³/mol. The molecule has 1 saturated heterocycles. The summed E-state index contributed by atoms with van der Waals surface area (Å²) in [7, 11) is 1.64. The van der Waals surface area contributed by atoms with E-state index in [-0.39, 0.29) is 17.9 Å². The summed E-state index contributed by atoms with van der Waals surface area (Å²) in [5.74, 6) is 0.609. The minimum Gasteiger partial charge on any atom is -0.497 e. The summed E-state index contributed by atoms with van der Waals surface area (Å²) < 4.78 is 10.2. The number of ether oxygens (including phenoxy) is 2. The topological polar surface area (TPSA) is 67.9 Å². The Hall–Kier alpha value is -2.24. The lowest BCUT2D eigenvalue weighted by molar-refractivity contribution is -0.149. The van der Waals surface area contributed by atoms with Crippen LogP contribution >= 0.6 is 0 Å². The van der Waals surface area contributed by atoms with Crippen LogP contribution in [-0.4, -0.2) is 50.3 Å². The number of piperidine rings is 1. The van der Waals surface area contributed by atoms with Gasteiger partial charge in [-0.3, -0.25) is 4.79 Å². The van der Waals surface area contributed by atoms with Gasteiger partial charge in [-0.1, -0.05) is 12.1 Å². The van der Waals surface area contributed by atoms with Crippen LogP contribution in [0.25, 0.3) is 0 Å². The summed E-state index contributed by atoms with van der Waals surface area (Å²) >= 11 is 0. The van der Waals surface area contributed by atoms with E-state index in [1.54, 1.807) is 12.0 Å². The van der Waals surface area contributed by atoms with Crippen molar-refractivity contribution in [3.05, 3.63) is 29.8 Å². The van der Waals surface area contributed by atoms with E-state index >= 15 is 0 Å². The molecule has 24 heavy (non-hydrogen) atoms. The SMILES string of the molecule is CCOC(=O)C1CCN(C(=O)NCCc2ccc(OC)cc2)CC1. The maximum Gasteiger partial charge on any atom is 0.317 e. The lowest BCUT2D eigenvalue weighted by Gasteiger charge is -2.30. The summed E-state index contributed by atoms with van der Waals surface area (Å²) in [5.41, 5.74) is 1.15. The highest BCUT2D eigenvalue weighted by molar-refractivity contribution is 5.76. The van der Waals surface area contributed by atoms with Crippen molar-refractivity contribution >= 4 is 12.0 Å². The van der Waals surface area contributed by atoms with Gasteiger partial charge in [0.2, 0.25) is 0 Å². The van der Waals surface area contributed by atoms with E-state index < -0.39 is 0 Å². The molecule has 1 aliphatic rings. The second-order valence-electron chi connectivity index (χ2n) is 5.84. The maximum absolute atomic E-state index is 12.2. The number of carbonyl (C=O) groups is 2. The largest absolute Gasteiger partial charge is 0.497 e. The quantitative estimate of drug-likeness (QED) is 0.810. The zero-order valence-electron chi connectivity index (χ0n) is 14.4. The van der Waals surface area contributed by atoms with E-state index in [2.05, 4.69) is 5.32 Å². The van der Waals surface area contributed by atoms with Gasteiger partial charge in [0.1, 0.15) is 5.75 Å². The molecule has 6 nitrogen and oxygen atoms in total. The van der Waals surface area contributed by atoms with Crippen LogP contribution in [-0.2, 0) is 16.0 Å². The first-order valence-corrected chi connectivity index (χ1v) is 8.46. The Morgan fingerprint density at radius 2 is 1.88 bits per heavy atom. The number of esters is 1. The standard InChI is InChI=1S/C18H26N2O4/c1-3-24-17(21)15-9-12-20(13-10-15)18(22)19-11-8-14-4-6-16(23-2)7-5-14/h4-7,15H,3,8-13H2,1-2H3,(H,19,22). The fraction of sp³-hybridized carbons (Fsp3) is 0.556. The summed E-state index contributed by atoms with van der Waals surface area (Å²) in [6.45, 7) is 3.99. The molecule has 6 heteroatoms. The monoisotopic (exact) mass is 334 g/mol. The molecule has 0 radical (unpaired) electrons. The number of likely N-dealkylation sites (tertiary alicyclic amines) is 1. The molecule has 0 spiro atoms. The molecule has 1 aliphatic heterocycles. The van der Waals surface area contributed by atoms with Gasteiger partial charge in [0.15, 0.2) is 0 Å². The summed E-state index contributed by atoms with van der Waals surface area (Å²) in [4.78, 5) is 25.6. The van der Waals surface area contributed by atoms with Crippen molar-refractivity contribution in [2.45, 2.75) is 26.2 Å². The van der Waals surface area contributed by atoms with E-state index in [4.69, 9.17) is 9.47 Å². The number of rotatable bonds is 6. The van der Waals surface area contributed by atoms with Crippen molar-refractivity contribution < 1.29 is 19.1 Å². The molecule has 0 saturated carbocycles. The van der Waals surface area contributed by atoms with Gasteiger partial charge in [0, 0.05) is 19.6 Å². The fourth-order valence-electron chi connectivity index (χ4n) is 2.80. The second kappa shape index (κ2) is 9.15. The number of carbonyl (C=O) groups excluding carboxylic acids is 2. The molecular weight excluding hydrogens is 308 g/mol. The molecule has 0 unspecified atom stereocenters. The Bertz CT molecular complexity index is 536. The number of hydrogen-bond acceptors (Lipinski definition) is 4. The van der Waals surface area contributed by atoms with Gasteiger partial charge >= 0.3 is 12.0 Å². The van der Waals surface area contributed by atoms with Crippen molar-refractivity contribution in [3.63, 3.8) is 0 Å². The van der Waals surface area contributed by atoms with Crippen LogP contribution < -0.4 is 10.1 Å². The van der Waals surface area contributed by atoms with E-state index in [0.29, 0.717) is 39.1 Å². The zero-order chi connectivity index (χ0) is 17.4. The summed E-state index contributed by atoms with van der Waals surface area (Å²) in [6.07, 6.45) is 2.12. The molecule has 1 N–H and O–H groups in total. The smallest absolute Gasteiger partial charge is 0.317 e. The third kappa shape index (κ3) is 5.15. The molecule has 1 aromatic carbocycles. The average Bonchev–Trinajstić information content (AvgIpc) is 2.62. The minimum absolute atomic E-state index is 0.0641. The van der Waals surface area contributed by atoms with Crippen LogP contribution in [0, 0.1) is 5.92 Å². The van der Waals surface area contributed by atoms with Crippen LogP contribution in [0.4, 0.5) is 4.79 Å². The number of urea groups is 1. The van der Waals surface area contributed by atoms with Crippen LogP contribution in [0.5, 0.6) is 5.75 Å². The first-order chi connectivity index (χ1) is 11.6. The van der Waals surface area contributed by atoms with E-state index in [1.165, 1.54) is 0 Å². The van der Waals surface area contributed by atoms with Crippen molar-refractivity contribution in [1.29, 1.82) is 0 Å². The highest BCUT2D eigenvalue weighted by Gasteiger charge is 2.27. The average molecular weight is 334 g/mol. The Kier molecular flexibility index (Phi) is 6.90. The molecular formula is C18H26N2O4. The molecule has 2 rings (SSSR count). The van der Waals surface area contributed by atoms with Crippen LogP contribution in [0.1, 0.15) is 25.3 Å². The van der Waals surface area contributed by atoms with Gasteiger partial charge in [-0.25, -0.2) is 4.79 Å². The Labute approximate surface area is 143 Å². The lowest BCUT2D eigenvalue weighted by atomic mass is 9.97. The summed E-state index contributed by atoms with van der Waals surface area (Å²) in [6, 6.07) is 7.76. The predicted octanol–water partition coefficient (Wildman–Crippen LogP) is 2.22. The molecule has 0 bridgehead atoms. The lowest BCUT2D eigenvalue weighted by Crippen LogP contribution is -2.46. The number of amides is 2. The zero-order valence-corrected chi connectivity index (χ0v) is 14.4. The van der Waals surface area contributed by atoms with Crippen LogP contribution in [0.2, 0.25) is 0 Å². The van der Waals surface area contributed by atoms with Crippen molar-refractivity contribution in [3.8, 4) is 5.75 Å². The molecule has 132 valence electrons. The number of hydrogen-bond donors (Lipinski definition) is 1. The Balaban J connectivity index is 1.68. The first kappa shape index (κ1) is 18.1. The Morgan fingerprint density at radius 3 is 2.46 bits per heavy atom. The highest BCUT2D eigenvalue weighted by atomic mass is 16.5. The van der Waals surface area contributed by atoms with Crippen molar-refractivity contribution in [2.24, 2.45) is 5.92 Å². The molecule has 2 amide bonds. The molecule has 1 fully saturated rings. The van der Waals surface area contributed by atoms with Gasteiger partial charge in [-0.2, -0.15) is 0 Å². The molecule has 0 atom stereocenters. The van der Waals surface area contributed by atoms with E-state index in [1.807, 2.05) is 31.2 Å². The van der Waals surface area contributed by atoms with Gasteiger partial charge < -0.3 is 19.7 Å². The third-order valence-electron chi connectivity index (χ3n) is 4.25. The van der Waals surface area contributed by atoms with Gasteiger partial charge in [0.05, 0.1) is 19.6 Å². The second-order valence-corrected chi connectivity index (χ2v) is 5.84. The third-order valence-corrected chi connectivity index (χ3v) is 4.25. The fourth-order valence-corrected chi connectivity index (χ4v) is 2.80. The molecule has 1 heterocycles. The van der Waals surface area contributed by atoms with E-state index in [0.717, 1.165) is 17.7 Å². The van der Waals surface area contributed by atoms with Gasteiger partial charge in [-0.15, -0.1) is 0 Å². The number of nitrogens with one attached hydrogen (secondary N) is 1. The number of benzene rings is 1. The van der Waals surface area contributed by atoms with Crippen molar-refractivity contribution in [2.75, 3.05) is 33.4 Å². The van der Waals surface area contributed by atoms with E-state index in [9.17, 15) is 9.59 Å². The van der Waals surface area contributed by atoms with Crippen molar-refractivity contribution in [1.82, 2.24) is 10.2 Å². The molecule has 1 aromatic rings. The van der Waals surface area contributed by atoms with Crippen LogP contribution in [0.3, 0.4) is 0 Å². The van der Waals surface area contributed by atoms with Gasteiger partial charge in [-0.05, 0) is 43.9 Å². The highest BCUT2D eigenvalue weighted by Crippen LogP contribution is 2.18. The van der Waals surface area contributed by atoms with Crippen LogP contribution in [0.15, 0.2) is 24.3 Å². The first-order valence-electron chi connectivity index (χ1n) is 8.46. The van der Waals surface area contributed by atoms with Gasteiger partial charge in [0.25, 0.3) is 0 Å². The number of methoxy groups -OCH3 is 1. The Morgan fingerprint density at radius 1 is 1.21 bits per heavy atom. The maximum atomic E-state index is 12.2. The summed E-state index contributed by atoms with van der Waals surface area (Å²) in [5, 5.41) is 2.94. The number of nitrogens with zero attached hydrogens (tertiary/aromatic N) is 1.